The van der Waals surface area contributed by atoms with E-state index in [-0.39, 0.29) is 11.1 Å². The Morgan fingerprint density at radius 3 is 2.34 bits per heavy atom. The number of thiocarbonyl (C=S) groups is 1. The van der Waals surface area contributed by atoms with Crippen LogP contribution in [0.4, 0.5) is 0 Å². The van der Waals surface area contributed by atoms with Crippen LogP contribution in [0.2, 0.25) is 0 Å². The molecular weight excluding hydrogens is 398 g/mol. The molecule has 0 spiro atoms. The van der Waals surface area contributed by atoms with Crippen LogP contribution in [0.25, 0.3) is 0 Å². The first-order chi connectivity index (χ1) is 13.7. The predicted molar refractivity (Wildman–Crippen MR) is 126 cm³/mol. The van der Waals surface area contributed by atoms with Gasteiger partial charge in [0, 0.05) is 28.6 Å². The molecule has 1 aliphatic rings. The molecule has 2 N–H and O–H groups in total. The number of benzene rings is 1. The van der Waals surface area contributed by atoms with Gasteiger partial charge in [0.25, 0.3) is 0 Å². The Bertz CT molecular complexity index is 784. The van der Waals surface area contributed by atoms with Gasteiger partial charge in [0.05, 0.1) is 12.8 Å². The van der Waals surface area contributed by atoms with Crippen LogP contribution in [0.15, 0.2) is 52.0 Å². The molecule has 0 unspecified atom stereocenters. The van der Waals surface area contributed by atoms with Crippen LogP contribution in [0.3, 0.4) is 0 Å². The largest absolute Gasteiger partial charge is 0.467 e. The highest BCUT2D eigenvalue weighted by Gasteiger charge is 2.38. The van der Waals surface area contributed by atoms with Crippen molar-refractivity contribution in [3.63, 3.8) is 0 Å². The summed E-state index contributed by atoms with van der Waals surface area (Å²) in [5.41, 5.74) is 1.40. The minimum Gasteiger partial charge on any atom is -0.467 e. The maximum Gasteiger partial charge on any atom is 0.169 e. The highest BCUT2D eigenvalue weighted by molar-refractivity contribution is 7.98. The molecule has 1 aliphatic heterocycles. The average Bonchev–Trinajstić information content (AvgIpc) is 3.12. The Hall–Kier alpha value is -1.50. The summed E-state index contributed by atoms with van der Waals surface area (Å²) in [6.07, 6.45) is 5.88. The van der Waals surface area contributed by atoms with Crippen molar-refractivity contribution < 1.29 is 4.42 Å². The van der Waals surface area contributed by atoms with E-state index in [1.807, 2.05) is 12.1 Å². The van der Waals surface area contributed by atoms with Crippen LogP contribution in [-0.2, 0) is 13.1 Å². The highest BCUT2D eigenvalue weighted by Crippen LogP contribution is 2.29. The molecule has 2 aromatic rings. The molecule has 0 radical (unpaired) electrons. The van der Waals surface area contributed by atoms with Crippen molar-refractivity contribution >= 4 is 29.1 Å². The minimum atomic E-state index is 0.0779. The van der Waals surface area contributed by atoms with Crippen LogP contribution in [0.5, 0.6) is 0 Å². The molecule has 0 aliphatic carbocycles. The monoisotopic (exact) mass is 431 g/mol. The van der Waals surface area contributed by atoms with Gasteiger partial charge in [-0.3, -0.25) is 0 Å². The number of nitrogens with zero attached hydrogens (tertiary/aromatic N) is 1. The number of thioether (sulfide) groups is 1. The zero-order valence-electron chi connectivity index (χ0n) is 18.1. The van der Waals surface area contributed by atoms with Crippen molar-refractivity contribution in [2.24, 2.45) is 0 Å². The van der Waals surface area contributed by atoms with Gasteiger partial charge in [-0.25, -0.2) is 0 Å². The van der Waals surface area contributed by atoms with E-state index in [9.17, 15) is 0 Å². The average molecular weight is 432 g/mol. The van der Waals surface area contributed by atoms with E-state index in [2.05, 4.69) is 73.7 Å². The molecule has 0 amide bonds. The summed E-state index contributed by atoms with van der Waals surface area (Å²) < 4.78 is 5.60. The van der Waals surface area contributed by atoms with Gasteiger partial charge in [0.1, 0.15) is 5.76 Å². The van der Waals surface area contributed by atoms with E-state index in [1.165, 1.54) is 10.5 Å². The summed E-state index contributed by atoms with van der Waals surface area (Å²) >= 11 is 7.63. The fraction of sp³-hybridized carbons (Fsp3) is 0.522. The Labute approximate surface area is 184 Å². The molecule has 3 rings (SSSR count). The fourth-order valence-corrected chi connectivity index (χ4v) is 5.14. The number of furan rings is 1. The van der Waals surface area contributed by atoms with Crippen molar-refractivity contribution in [3.05, 3.63) is 54.0 Å². The van der Waals surface area contributed by atoms with E-state index in [0.29, 0.717) is 12.6 Å². The first kappa shape index (κ1) is 22.2. The smallest absolute Gasteiger partial charge is 0.169 e. The second-order valence-electron chi connectivity index (χ2n) is 9.23. The minimum absolute atomic E-state index is 0.0779. The van der Waals surface area contributed by atoms with Crippen molar-refractivity contribution in [1.82, 2.24) is 15.5 Å². The third-order valence-electron chi connectivity index (χ3n) is 5.26. The van der Waals surface area contributed by atoms with Crippen molar-refractivity contribution in [1.29, 1.82) is 0 Å². The highest BCUT2D eigenvalue weighted by atomic mass is 32.2. The van der Waals surface area contributed by atoms with Gasteiger partial charge in [-0.05, 0) is 88.8 Å². The molecular formula is C23H33N3OS2. The van der Waals surface area contributed by atoms with Gasteiger partial charge >= 0.3 is 0 Å². The van der Waals surface area contributed by atoms with E-state index < -0.39 is 0 Å². The lowest BCUT2D eigenvalue weighted by Gasteiger charge is -2.47. The molecule has 1 fully saturated rings. The Kier molecular flexibility index (Phi) is 6.97. The molecule has 0 saturated carbocycles. The van der Waals surface area contributed by atoms with Gasteiger partial charge in [0.2, 0.25) is 0 Å². The zero-order chi connectivity index (χ0) is 21.1. The number of hydrogen-bond donors (Lipinski definition) is 2. The molecule has 29 heavy (non-hydrogen) atoms. The molecule has 1 aromatic carbocycles. The van der Waals surface area contributed by atoms with Gasteiger partial charge in [-0.2, -0.15) is 0 Å². The van der Waals surface area contributed by atoms with E-state index in [0.717, 1.165) is 30.3 Å². The Morgan fingerprint density at radius 1 is 1.14 bits per heavy atom. The van der Waals surface area contributed by atoms with Crippen LogP contribution in [0.1, 0.15) is 51.9 Å². The maximum absolute atomic E-state index is 5.88. The second-order valence-corrected chi connectivity index (χ2v) is 10.5. The lowest BCUT2D eigenvalue weighted by atomic mass is 9.80. The predicted octanol–water partition coefficient (Wildman–Crippen LogP) is 5.19. The zero-order valence-corrected chi connectivity index (χ0v) is 19.8. The lowest BCUT2D eigenvalue weighted by molar-refractivity contribution is 0.153. The van der Waals surface area contributed by atoms with Gasteiger partial charge in [0.15, 0.2) is 5.11 Å². The molecule has 4 nitrogen and oxygen atoms in total. The van der Waals surface area contributed by atoms with Crippen molar-refractivity contribution in [3.8, 4) is 0 Å². The number of rotatable bonds is 6. The Balaban J connectivity index is 1.73. The topological polar surface area (TPSA) is 40.4 Å². The van der Waals surface area contributed by atoms with Crippen LogP contribution in [0, 0.1) is 0 Å². The summed E-state index contributed by atoms with van der Waals surface area (Å²) in [4.78, 5) is 3.47. The molecule has 2 heterocycles. The first-order valence-electron chi connectivity index (χ1n) is 10.2. The van der Waals surface area contributed by atoms with Crippen LogP contribution >= 0.6 is 24.0 Å². The molecule has 0 bridgehead atoms. The standard InChI is InChI=1S/C23H33N3OS2/c1-22(2)13-18(14-23(3,4)25-22)24-21(28)26(16-19-7-6-12-27-19)15-17-8-10-20(29-5)11-9-17/h6-12,18,25H,13-16H2,1-5H3,(H,24,28). The van der Waals surface area contributed by atoms with E-state index in [1.54, 1.807) is 18.0 Å². The lowest BCUT2D eigenvalue weighted by Crippen LogP contribution is -2.62. The first-order valence-corrected chi connectivity index (χ1v) is 11.8. The summed E-state index contributed by atoms with van der Waals surface area (Å²) in [6.45, 7) is 10.5. The summed E-state index contributed by atoms with van der Waals surface area (Å²) in [7, 11) is 0. The molecule has 6 heteroatoms. The number of hydrogen-bond acceptors (Lipinski definition) is 4. The van der Waals surface area contributed by atoms with Gasteiger partial charge < -0.3 is 20.0 Å². The molecule has 1 saturated heterocycles. The summed E-state index contributed by atoms with van der Waals surface area (Å²) in [5, 5.41) is 8.18. The third-order valence-corrected chi connectivity index (χ3v) is 6.38. The van der Waals surface area contributed by atoms with E-state index in [4.69, 9.17) is 16.6 Å². The normalized spacial score (nSPS) is 18.4. The van der Waals surface area contributed by atoms with Gasteiger partial charge in [-0.1, -0.05) is 12.1 Å². The van der Waals surface area contributed by atoms with Crippen LogP contribution in [-0.4, -0.2) is 33.4 Å². The Morgan fingerprint density at radius 2 is 1.79 bits per heavy atom. The maximum atomic E-state index is 5.88. The third kappa shape index (κ3) is 6.49. The van der Waals surface area contributed by atoms with Crippen LogP contribution < -0.4 is 10.6 Å². The SMILES string of the molecule is CSc1ccc(CN(Cc2ccco2)C(=S)NC2CC(C)(C)NC(C)(C)C2)cc1. The van der Waals surface area contributed by atoms with Crippen molar-refractivity contribution in [2.75, 3.05) is 6.26 Å². The fourth-order valence-electron chi connectivity index (χ4n) is 4.43. The van der Waals surface area contributed by atoms with Gasteiger partial charge in [-0.15, -0.1) is 11.8 Å². The molecule has 0 atom stereocenters. The summed E-state index contributed by atoms with van der Waals surface area (Å²) in [5.74, 6) is 0.917. The number of nitrogens with one attached hydrogen (secondary N) is 2. The van der Waals surface area contributed by atoms with E-state index >= 15 is 0 Å². The second kappa shape index (κ2) is 9.11. The van der Waals surface area contributed by atoms with Crippen molar-refractivity contribution in [2.45, 2.75) is 75.6 Å². The number of piperidine rings is 1. The summed E-state index contributed by atoms with van der Waals surface area (Å²) in [6, 6.07) is 13.0. The molecule has 158 valence electrons. The quantitative estimate of drug-likeness (QED) is 0.485. The molecule has 1 aromatic heterocycles.